The van der Waals surface area contributed by atoms with E-state index in [-0.39, 0.29) is 6.67 Å². The van der Waals surface area contributed by atoms with E-state index in [1.54, 1.807) is 6.07 Å². The summed E-state index contributed by atoms with van der Waals surface area (Å²) in [6, 6.07) is 20.4. The molecule has 41 heavy (non-hydrogen) atoms. The number of nitrogens with one attached hydrogen (secondary N) is 1. The molecule has 5 rings (SSSR count). The Kier molecular flexibility index (Phi) is 9.21. The van der Waals surface area contributed by atoms with Crippen LogP contribution >= 0.6 is 11.6 Å². The standard InChI is InChI=1S/C34H37ClFN3O2/c1-22(40)34(41)38-28-11-13-29-26(19-28)4-2-5-31(30-12-10-27(35)20-32(30)37)33(29)25-8-6-23(7-9-25)18-24-14-17-39(21-24)16-3-15-36/h6-13,19-20,24H,2-5,14-18,21,37H2,1H3,(H,38,41). The average molecular weight is 574 g/mol. The third kappa shape index (κ3) is 6.88. The van der Waals surface area contributed by atoms with E-state index >= 15 is 0 Å². The maximum atomic E-state index is 12.6. The van der Waals surface area contributed by atoms with Crippen molar-refractivity contribution in [3.63, 3.8) is 0 Å². The molecule has 0 bridgehead atoms. The highest BCUT2D eigenvalue weighted by Crippen LogP contribution is 2.42. The average Bonchev–Trinajstić information content (AvgIpc) is 3.31. The fourth-order valence-electron chi connectivity index (χ4n) is 6.20. The second-order valence-electron chi connectivity index (χ2n) is 11.2. The molecule has 7 heteroatoms. The SMILES string of the molecule is CC(=O)C(=O)Nc1ccc2c(c1)CCCC(c1ccc(Cl)cc1N)=C2c1ccc(CC2CCN(CCCF)C2)cc1. The van der Waals surface area contributed by atoms with Gasteiger partial charge in [0.25, 0.3) is 5.91 Å². The zero-order valence-electron chi connectivity index (χ0n) is 23.5. The zero-order chi connectivity index (χ0) is 28.9. The molecule has 3 N–H and O–H groups in total. The molecule has 1 heterocycles. The quantitative estimate of drug-likeness (QED) is 0.214. The second-order valence-corrected chi connectivity index (χ2v) is 11.7. The number of halogens is 2. The van der Waals surface area contributed by atoms with E-state index in [1.165, 1.54) is 18.1 Å². The highest BCUT2D eigenvalue weighted by Gasteiger charge is 2.24. The first kappa shape index (κ1) is 29.0. The summed E-state index contributed by atoms with van der Waals surface area (Å²) in [6.45, 7) is 3.94. The van der Waals surface area contributed by atoms with Crippen LogP contribution < -0.4 is 11.1 Å². The van der Waals surface area contributed by atoms with Crippen LogP contribution in [0.3, 0.4) is 0 Å². The van der Waals surface area contributed by atoms with Crippen LogP contribution in [0.15, 0.2) is 60.7 Å². The number of anilines is 2. The number of fused-ring (bicyclic) bond motifs is 1. The van der Waals surface area contributed by atoms with Gasteiger partial charge in [-0.1, -0.05) is 48.0 Å². The van der Waals surface area contributed by atoms with E-state index in [0.717, 1.165) is 79.6 Å². The van der Waals surface area contributed by atoms with Gasteiger partial charge in [-0.25, -0.2) is 0 Å². The fraction of sp³-hybridized carbons (Fsp3) is 0.353. The Morgan fingerprint density at radius 1 is 1.05 bits per heavy atom. The van der Waals surface area contributed by atoms with Gasteiger partial charge in [0.15, 0.2) is 0 Å². The molecule has 3 aromatic rings. The number of benzene rings is 3. The molecule has 0 saturated carbocycles. The number of carbonyl (C=O) groups is 2. The summed E-state index contributed by atoms with van der Waals surface area (Å²) in [7, 11) is 0. The molecule has 3 aromatic carbocycles. The van der Waals surface area contributed by atoms with E-state index in [1.807, 2.05) is 30.3 Å². The Morgan fingerprint density at radius 3 is 2.56 bits per heavy atom. The minimum Gasteiger partial charge on any atom is -0.398 e. The monoisotopic (exact) mass is 573 g/mol. The predicted octanol–water partition coefficient (Wildman–Crippen LogP) is 6.97. The highest BCUT2D eigenvalue weighted by molar-refractivity contribution is 6.39. The molecule has 1 atom stereocenters. The van der Waals surface area contributed by atoms with Crippen molar-refractivity contribution in [1.82, 2.24) is 4.90 Å². The Balaban J connectivity index is 1.50. The Bertz CT molecular complexity index is 1470. The van der Waals surface area contributed by atoms with E-state index in [4.69, 9.17) is 17.3 Å². The van der Waals surface area contributed by atoms with Crippen molar-refractivity contribution in [2.24, 2.45) is 5.92 Å². The van der Waals surface area contributed by atoms with Gasteiger partial charge in [-0.2, -0.15) is 0 Å². The Labute approximate surface area is 246 Å². The first-order chi connectivity index (χ1) is 19.8. The molecular weight excluding hydrogens is 537 g/mol. The molecule has 1 fully saturated rings. The first-order valence-electron chi connectivity index (χ1n) is 14.4. The van der Waals surface area contributed by atoms with Gasteiger partial charge in [-0.15, -0.1) is 0 Å². The number of amides is 1. The summed E-state index contributed by atoms with van der Waals surface area (Å²) in [6.07, 6.45) is 5.36. The third-order valence-electron chi connectivity index (χ3n) is 8.21. The normalized spacial score (nSPS) is 17.3. The van der Waals surface area contributed by atoms with Crippen LogP contribution in [0.25, 0.3) is 11.1 Å². The lowest BCUT2D eigenvalue weighted by atomic mass is 9.86. The molecular formula is C34H37ClFN3O2. The number of alkyl halides is 1. The third-order valence-corrected chi connectivity index (χ3v) is 8.45. The van der Waals surface area contributed by atoms with E-state index in [9.17, 15) is 14.0 Å². The van der Waals surface area contributed by atoms with Crippen molar-refractivity contribution in [1.29, 1.82) is 0 Å². The van der Waals surface area contributed by atoms with Crippen LogP contribution in [0.2, 0.25) is 5.02 Å². The number of allylic oxidation sites excluding steroid dienone is 1. The van der Waals surface area contributed by atoms with Gasteiger partial charge in [-0.05, 0) is 109 Å². The van der Waals surface area contributed by atoms with Gasteiger partial charge >= 0.3 is 0 Å². The molecule has 1 aliphatic heterocycles. The summed E-state index contributed by atoms with van der Waals surface area (Å²) < 4.78 is 12.6. The molecule has 0 radical (unpaired) electrons. The van der Waals surface area contributed by atoms with Gasteiger partial charge in [0, 0.05) is 42.0 Å². The number of nitrogen functional groups attached to an aromatic ring is 1. The molecule has 5 nitrogen and oxygen atoms in total. The van der Waals surface area contributed by atoms with Crippen LogP contribution in [0.4, 0.5) is 15.8 Å². The second kappa shape index (κ2) is 13.0. The molecule has 1 saturated heterocycles. The molecule has 1 aliphatic carbocycles. The van der Waals surface area contributed by atoms with Crippen molar-refractivity contribution in [2.45, 2.75) is 45.4 Å². The molecule has 1 amide bonds. The van der Waals surface area contributed by atoms with Crippen molar-refractivity contribution < 1.29 is 14.0 Å². The van der Waals surface area contributed by atoms with Crippen molar-refractivity contribution in [3.8, 4) is 0 Å². The molecule has 214 valence electrons. The van der Waals surface area contributed by atoms with E-state index < -0.39 is 11.7 Å². The maximum Gasteiger partial charge on any atom is 0.291 e. The Hall–Kier alpha value is -3.48. The van der Waals surface area contributed by atoms with Crippen LogP contribution in [-0.2, 0) is 22.4 Å². The van der Waals surface area contributed by atoms with E-state index in [2.05, 4.69) is 34.5 Å². The lowest BCUT2D eigenvalue weighted by Gasteiger charge is -2.19. The summed E-state index contributed by atoms with van der Waals surface area (Å²) in [4.78, 5) is 25.9. The van der Waals surface area contributed by atoms with E-state index in [0.29, 0.717) is 28.7 Å². The molecule has 0 spiro atoms. The first-order valence-corrected chi connectivity index (χ1v) is 14.8. The number of hydrogen-bond acceptors (Lipinski definition) is 4. The van der Waals surface area contributed by atoms with Gasteiger partial charge in [-0.3, -0.25) is 14.0 Å². The van der Waals surface area contributed by atoms with Crippen molar-refractivity contribution >= 4 is 45.8 Å². The number of ketones is 1. The number of rotatable bonds is 9. The number of carbonyl (C=O) groups excluding carboxylic acids is 2. The maximum absolute atomic E-state index is 12.6. The fourth-order valence-corrected chi connectivity index (χ4v) is 6.38. The van der Waals surface area contributed by atoms with Gasteiger partial charge in [0.05, 0.1) is 6.67 Å². The van der Waals surface area contributed by atoms with Crippen LogP contribution in [0.5, 0.6) is 0 Å². The number of nitrogens with two attached hydrogens (primary N) is 1. The summed E-state index contributed by atoms with van der Waals surface area (Å²) in [5.41, 5.74) is 15.7. The largest absolute Gasteiger partial charge is 0.398 e. The minimum atomic E-state index is -0.618. The lowest BCUT2D eigenvalue weighted by Crippen LogP contribution is -2.22. The summed E-state index contributed by atoms with van der Waals surface area (Å²) in [5.74, 6) is -0.551. The molecule has 0 aromatic heterocycles. The number of Topliss-reactive ketones (excluding diaryl/α,β-unsaturated/α-hetero) is 1. The summed E-state index contributed by atoms with van der Waals surface area (Å²) in [5, 5.41) is 3.32. The smallest absolute Gasteiger partial charge is 0.291 e. The molecule has 1 unspecified atom stereocenters. The van der Waals surface area contributed by atoms with Crippen LogP contribution in [0.1, 0.15) is 60.4 Å². The lowest BCUT2D eigenvalue weighted by molar-refractivity contribution is -0.133. The zero-order valence-corrected chi connectivity index (χ0v) is 24.3. The summed E-state index contributed by atoms with van der Waals surface area (Å²) >= 11 is 6.25. The Morgan fingerprint density at radius 2 is 1.83 bits per heavy atom. The van der Waals surface area contributed by atoms with Crippen LogP contribution in [0, 0.1) is 5.92 Å². The highest BCUT2D eigenvalue weighted by atomic mass is 35.5. The number of hydrogen-bond donors (Lipinski definition) is 2. The van der Waals surface area contributed by atoms with Crippen LogP contribution in [-0.4, -0.2) is 42.9 Å². The van der Waals surface area contributed by atoms with Gasteiger partial charge in [0.1, 0.15) is 0 Å². The molecule has 2 aliphatic rings. The van der Waals surface area contributed by atoms with Gasteiger partial charge < -0.3 is 16.0 Å². The number of aryl methyl sites for hydroxylation is 1. The number of nitrogens with zero attached hydrogens (tertiary/aromatic N) is 1. The minimum absolute atomic E-state index is 0.250. The van der Waals surface area contributed by atoms with Crippen molar-refractivity contribution in [3.05, 3.63) is 93.5 Å². The number of likely N-dealkylation sites (tertiary alicyclic amines) is 1. The van der Waals surface area contributed by atoms with Crippen molar-refractivity contribution in [2.75, 3.05) is 37.4 Å². The predicted molar refractivity (Wildman–Crippen MR) is 166 cm³/mol. The van der Waals surface area contributed by atoms with Gasteiger partial charge in [0.2, 0.25) is 5.78 Å². The topological polar surface area (TPSA) is 75.4 Å².